The van der Waals surface area contributed by atoms with Crippen molar-refractivity contribution in [2.24, 2.45) is 0 Å². The van der Waals surface area contributed by atoms with Crippen molar-refractivity contribution in [2.45, 2.75) is 13.3 Å². The minimum Gasteiger partial charge on any atom is -0.427 e. The SMILES string of the molecule is CCC(=O)Oc1ccccc1.[Ag]. The molecule has 0 bridgehead atoms. The molecule has 1 radical (unpaired) electrons. The van der Waals surface area contributed by atoms with E-state index in [1.807, 2.05) is 18.2 Å². The molecule has 0 aliphatic heterocycles. The van der Waals surface area contributed by atoms with Gasteiger partial charge in [-0.2, -0.15) is 0 Å². The van der Waals surface area contributed by atoms with Crippen LogP contribution in [-0.4, -0.2) is 5.97 Å². The van der Waals surface area contributed by atoms with Crippen molar-refractivity contribution in [1.29, 1.82) is 0 Å². The van der Waals surface area contributed by atoms with Gasteiger partial charge in [0.1, 0.15) is 5.75 Å². The number of esters is 1. The maximum absolute atomic E-state index is 10.8. The molecule has 69 valence electrons. The summed E-state index contributed by atoms with van der Waals surface area (Å²) in [4.78, 5) is 10.8. The molecule has 3 heteroatoms. The van der Waals surface area contributed by atoms with Crippen molar-refractivity contribution in [3.8, 4) is 5.75 Å². The molecular formula is C9H10AgO2. The molecular weight excluding hydrogens is 248 g/mol. The Morgan fingerprint density at radius 2 is 1.92 bits per heavy atom. The van der Waals surface area contributed by atoms with Crippen LogP contribution in [0, 0.1) is 0 Å². The Hall–Kier alpha value is -0.570. The number of para-hydroxylation sites is 1. The van der Waals surface area contributed by atoms with Gasteiger partial charge in [-0.1, -0.05) is 25.1 Å². The van der Waals surface area contributed by atoms with Crippen LogP contribution in [0.2, 0.25) is 0 Å². The molecule has 1 aromatic carbocycles. The molecule has 0 heterocycles. The third-order valence-electron chi connectivity index (χ3n) is 1.26. The van der Waals surface area contributed by atoms with E-state index in [-0.39, 0.29) is 28.3 Å². The van der Waals surface area contributed by atoms with E-state index in [9.17, 15) is 4.79 Å². The fourth-order valence-electron chi connectivity index (χ4n) is 0.692. The van der Waals surface area contributed by atoms with Gasteiger partial charge < -0.3 is 4.74 Å². The molecule has 0 atom stereocenters. The number of rotatable bonds is 2. The first-order chi connectivity index (χ1) is 5.33. The molecule has 0 N–H and O–H groups in total. The monoisotopic (exact) mass is 257 g/mol. The van der Waals surface area contributed by atoms with E-state index >= 15 is 0 Å². The number of carbonyl (C=O) groups is 1. The number of hydrogen-bond donors (Lipinski definition) is 0. The van der Waals surface area contributed by atoms with Crippen LogP contribution in [0.4, 0.5) is 0 Å². The summed E-state index contributed by atoms with van der Waals surface area (Å²) < 4.78 is 4.92. The maximum atomic E-state index is 10.8. The van der Waals surface area contributed by atoms with Gasteiger partial charge in [-0.3, -0.25) is 4.79 Å². The van der Waals surface area contributed by atoms with Gasteiger partial charge in [0, 0.05) is 28.8 Å². The number of benzene rings is 1. The summed E-state index contributed by atoms with van der Waals surface area (Å²) in [6.07, 6.45) is 0.412. The van der Waals surface area contributed by atoms with E-state index in [1.54, 1.807) is 19.1 Å². The minimum absolute atomic E-state index is 0. The predicted molar refractivity (Wildman–Crippen MR) is 42.4 cm³/mol. The van der Waals surface area contributed by atoms with Crippen LogP contribution < -0.4 is 4.74 Å². The Kier molecular flexibility index (Phi) is 5.72. The molecule has 2 nitrogen and oxygen atoms in total. The topological polar surface area (TPSA) is 26.3 Å². The van der Waals surface area contributed by atoms with Gasteiger partial charge in [0.05, 0.1) is 0 Å². The average Bonchev–Trinajstić information content (AvgIpc) is 2.06. The molecule has 0 fully saturated rings. The van der Waals surface area contributed by atoms with Crippen LogP contribution >= 0.6 is 0 Å². The van der Waals surface area contributed by atoms with Crippen molar-refractivity contribution in [3.63, 3.8) is 0 Å². The summed E-state index contributed by atoms with van der Waals surface area (Å²) >= 11 is 0. The maximum Gasteiger partial charge on any atom is 0.310 e. The second-order valence-corrected chi connectivity index (χ2v) is 2.14. The Labute approximate surface area is 87.4 Å². The fourth-order valence-corrected chi connectivity index (χ4v) is 0.692. The van der Waals surface area contributed by atoms with Gasteiger partial charge >= 0.3 is 5.97 Å². The Bertz CT molecular complexity index is 234. The molecule has 0 amide bonds. The molecule has 0 saturated heterocycles. The number of carbonyl (C=O) groups excluding carboxylic acids is 1. The number of ether oxygens (including phenoxy) is 1. The van der Waals surface area contributed by atoms with E-state index < -0.39 is 0 Å². The summed E-state index contributed by atoms with van der Waals surface area (Å²) in [5.74, 6) is 0.413. The largest absolute Gasteiger partial charge is 0.427 e. The molecule has 0 spiro atoms. The molecule has 0 aliphatic rings. The summed E-state index contributed by atoms with van der Waals surface area (Å²) in [6.45, 7) is 1.77. The van der Waals surface area contributed by atoms with Crippen LogP contribution in [0.5, 0.6) is 5.75 Å². The minimum atomic E-state index is -0.198. The molecule has 1 aromatic rings. The van der Waals surface area contributed by atoms with E-state index in [2.05, 4.69) is 0 Å². The molecule has 0 aromatic heterocycles. The van der Waals surface area contributed by atoms with Crippen LogP contribution in [0.3, 0.4) is 0 Å². The third-order valence-corrected chi connectivity index (χ3v) is 1.26. The zero-order valence-electron chi connectivity index (χ0n) is 6.71. The van der Waals surface area contributed by atoms with E-state index in [0.717, 1.165) is 0 Å². The van der Waals surface area contributed by atoms with Crippen molar-refractivity contribution >= 4 is 5.97 Å². The van der Waals surface area contributed by atoms with Crippen molar-refractivity contribution in [1.82, 2.24) is 0 Å². The zero-order valence-corrected chi connectivity index (χ0v) is 8.19. The first-order valence-electron chi connectivity index (χ1n) is 3.58. The van der Waals surface area contributed by atoms with Gasteiger partial charge in [-0.15, -0.1) is 0 Å². The summed E-state index contributed by atoms with van der Waals surface area (Å²) in [6, 6.07) is 9.06. The van der Waals surface area contributed by atoms with Gasteiger partial charge in [0.25, 0.3) is 0 Å². The normalized spacial score (nSPS) is 8.42. The van der Waals surface area contributed by atoms with Crippen LogP contribution in [-0.2, 0) is 27.2 Å². The summed E-state index contributed by atoms with van der Waals surface area (Å²) in [5.41, 5.74) is 0. The summed E-state index contributed by atoms with van der Waals surface area (Å²) in [7, 11) is 0. The number of hydrogen-bond acceptors (Lipinski definition) is 2. The molecule has 0 aliphatic carbocycles. The average molecular weight is 258 g/mol. The van der Waals surface area contributed by atoms with Gasteiger partial charge in [0.2, 0.25) is 0 Å². The Balaban J connectivity index is 0.00000121. The van der Waals surface area contributed by atoms with E-state index in [4.69, 9.17) is 4.74 Å². The predicted octanol–water partition coefficient (Wildman–Crippen LogP) is 2.00. The van der Waals surface area contributed by atoms with Crippen LogP contribution in [0.1, 0.15) is 13.3 Å². The molecule has 12 heavy (non-hydrogen) atoms. The summed E-state index contributed by atoms with van der Waals surface area (Å²) in [5, 5.41) is 0. The second-order valence-electron chi connectivity index (χ2n) is 2.14. The quantitative estimate of drug-likeness (QED) is 0.460. The van der Waals surface area contributed by atoms with Crippen molar-refractivity contribution in [3.05, 3.63) is 30.3 Å². The molecule has 1 rings (SSSR count). The van der Waals surface area contributed by atoms with Crippen LogP contribution in [0.15, 0.2) is 30.3 Å². The third kappa shape index (κ3) is 3.72. The second kappa shape index (κ2) is 6.00. The van der Waals surface area contributed by atoms with Crippen molar-refractivity contribution in [2.75, 3.05) is 0 Å². The molecule has 0 unspecified atom stereocenters. The van der Waals surface area contributed by atoms with Gasteiger partial charge in [0.15, 0.2) is 0 Å². The van der Waals surface area contributed by atoms with Gasteiger partial charge in [-0.05, 0) is 12.1 Å². The van der Waals surface area contributed by atoms with E-state index in [0.29, 0.717) is 12.2 Å². The first kappa shape index (κ1) is 11.4. The van der Waals surface area contributed by atoms with E-state index in [1.165, 1.54) is 0 Å². The molecule has 0 saturated carbocycles. The standard InChI is InChI=1S/C9H10O2.Ag/c1-2-9(10)11-8-6-4-3-5-7-8;/h3-7H,2H2,1H3;. The van der Waals surface area contributed by atoms with Crippen LogP contribution in [0.25, 0.3) is 0 Å². The Morgan fingerprint density at radius 3 is 2.42 bits per heavy atom. The van der Waals surface area contributed by atoms with Crippen molar-refractivity contribution < 1.29 is 31.9 Å². The smallest absolute Gasteiger partial charge is 0.310 e. The zero-order chi connectivity index (χ0) is 8.10. The fraction of sp³-hybridized carbons (Fsp3) is 0.222. The first-order valence-corrected chi connectivity index (χ1v) is 3.58. The van der Waals surface area contributed by atoms with Gasteiger partial charge in [-0.25, -0.2) is 0 Å². The Morgan fingerprint density at radius 1 is 1.33 bits per heavy atom.